The van der Waals surface area contributed by atoms with Gasteiger partial charge in [-0.05, 0) is 31.6 Å². The molecule has 18 heavy (non-hydrogen) atoms. The monoisotopic (exact) mass is 252 g/mol. The fourth-order valence-electron chi connectivity index (χ4n) is 2.08. The zero-order chi connectivity index (χ0) is 13.4. The third-order valence-corrected chi connectivity index (χ3v) is 3.24. The van der Waals surface area contributed by atoms with Crippen LogP contribution in [0.3, 0.4) is 0 Å². The van der Waals surface area contributed by atoms with Gasteiger partial charge in [-0.25, -0.2) is 0 Å². The normalized spacial score (nSPS) is 20.6. The smallest absolute Gasteiger partial charge is 0.316 e. The molecular formula is C15H24O3. The second kappa shape index (κ2) is 8.06. The molecule has 0 aromatic carbocycles. The highest BCUT2D eigenvalue weighted by molar-refractivity contribution is 5.99. The molecule has 102 valence electrons. The van der Waals surface area contributed by atoms with Crippen LogP contribution in [-0.4, -0.2) is 18.4 Å². The molecule has 1 atom stereocenters. The molecular weight excluding hydrogens is 228 g/mol. The van der Waals surface area contributed by atoms with E-state index in [9.17, 15) is 9.59 Å². The van der Waals surface area contributed by atoms with E-state index in [1.54, 1.807) is 0 Å². The first kappa shape index (κ1) is 14.9. The summed E-state index contributed by atoms with van der Waals surface area (Å²) in [5, 5.41) is 0. The highest BCUT2D eigenvalue weighted by Crippen LogP contribution is 2.21. The number of rotatable bonds is 6. The Morgan fingerprint density at radius 3 is 2.83 bits per heavy atom. The topological polar surface area (TPSA) is 43.4 Å². The minimum atomic E-state index is -0.497. The van der Waals surface area contributed by atoms with Gasteiger partial charge in [0.05, 0.1) is 0 Å². The fraction of sp³-hybridized carbons (Fsp3) is 0.733. The highest BCUT2D eigenvalue weighted by Gasteiger charge is 2.29. The standard InChI is InChI=1S/C15H24O3/c1-12(2)8-4-3-7-11-18-15(17)13-9-5-6-10-14(13)16/h3,7,12-13H,4-6,8-11H2,1-2H3/b7-3+. The average Bonchev–Trinajstić information content (AvgIpc) is 2.33. The van der Waals surface area contributed by atoms with Gasteiger partial charge in [0.25, 0.3) is 0 Å². The van der Waals surface area contributed by atoms with Gasteiger partial charge in [-0.2, -0.15) is 0 Å². The number of ketones is 1. The van der Waals surface area contributed by atoms with Crippen molar-refractivity contribution >= 4 is 11.8 Å². The van der Waals surface area contributed by atoms with E-state index < -0.39 is 5.92 Å². The van der Waals surface area contributed by atoms with E-state index in [4.69, 9.17) is 4.74 Å². The molecule has 0 amide bonds. The van der Waals surface area contributed by atoms with Crippen LogP contribution in [0.15, 0.2) is 12.2 Å². The Morgan fingerprint density at radius 2 is 2.17 bits per heavy atom. The summed E-state index contributed by atoms with van der Waals surface area (Å²) in [6, 6.07) is 0. The third-order valence-electron chi connectivity index (χ3n) is 3.24. The first-order valence-electron chi connectivity index (χ1n) is 6.95. The van der Waals surface area contributed by atoms with Crippen LogP contribution in [0.25, 0.3) is 0 Å². The first-order chi connectivity index (χ1) is 8.61. The first-order valence-corrected chi connectivity index (χ1v) is 6.95. The molecule has 1 saturated carbocycles. The maximum Gasteiger partial charge on any atom is 0.316 e. The van der Waals surface area contributed by atoms with Gasteiger partial charge in [0.15, 0.2) is 0 Å². The number of allylic oxidation sites excluding steroid dienone is 1. The highest BCUT2D eigenvalue weighted by atomic mass is 16.5. The Kier molecular flexibility index (Phi) is 6.69. The van der Waals surface area contributed by atoms with E-state index in [2.05, 4.69) is 13.8 Å². The van der Waals surface area contributed by atoms with E-state index >= 15 is 0 Å². The van der Waals surface area contributed by atoms with Crippen LogP contribution in [0.2, 0.25) is 0 Å². The van der Waals surface area contributed by atoms with E-state index in [1.165, 1.54) is 0 Å². The van der Waals surface area contributed by atoms with Crippen LogP contribution in [-0.2, 0) is 14.3 Å². The van der Waals surface area contributed by atoms with Crippen molar-refractivity contribution < 1.29 is 14.3 Å². The van der Waals surface area contributed by atoms with Crippen molar-refractivity contribution in [2.45, 2.75) is 52.4 Å². The van der Waals surface area contributed by atoms with E-state index in [-0.39, 0.29) is 11.8 Å². The lowest BCUT2D eigenvalue weighted by molar-refractivity contribution is -0.152. The summed E-state index contributed by atoms with van der Waals surface area (Å²) in [4.78, 5) is 23.2. The molecule has 0 N–H and O–H groups in total. The molecule has 3 heteroatoms. The van der Waals surface area contributed by atoms with E-state index in [0.29, 0.717) is 25.4 Å². The molecule has 1 aliphatic rings. The zero-order valence-corrected chi connectivity index (χ0v) is 11.5. The van der Waals surface area contributed by atoms with Gasteiger partial charge >= 0.3 is 5.97 Å². The molecule has 0 spiro atoms. The predicted octanol–water partition coefficient (Wildman–Crippen LogP) is 3.28. The molecule has 3 nitrogen and oxygen atoms in total. The van der Waals surface area contributed by atoms with Crippen molar-refractivity contribution in [3.8, 4) is 0 Å². The second-order valence-corrected chi connectivity index (χ2v) is 5.34. The average molecular weight is 252 g/mol. The Balaban J connectivity index is 2.18. The fourth-order valence-corrected chi connectivity index (χ4v) is 2.08. The lowest BCUT2D eigenvalue weighted by Gasteiger charge is -2.18. The summed E-state index contributed by atoms with van der Waals surface area (Å²) in [6.07, 6.45) is 9.12. The van der Waals surface area contributed by atoms with Gasteiger partial charge in [-0.1, -0.05) is 32.4 Å². The molecule has 0 aliphatic heterocycles. The summed E-state index contributed by atoms with van der Waals surface area (Å²) in [5.74, 6) is -0.0943. The summed E-state index contributed by atoms with van der Waals surface area (Å²) in [5.41, 5.74) is 0. The van der Waals surface area contributed by atoms with Gasteiger partial charge in [-0.3, -0.25) is 9.59 Å². The van der Waals surface area contributed by atoms with Crippen molar-refractivity contribution in [2.24, 2.45) is 11.8 Å². The molecule has 0 aromatic rings. The quantitative estimate of drug-likeness (QED) is 0.414. The number of hydrogen-bond donors (Lipinski definition) is 0. The summed E-state index contributed by atoms with van der Waals surface area (Å²) < 4.78 is 5.11. The van der Waals surface area contributed by atoms with Crippen LogP contribution in [0.4, 0.5) is 0 Å². The van der Waals surface area contributed by atoms with Crippen molar-refractivity contribution in [1.29, 1.82) is 0 Å². The number of carbonyl (C=O) groups is 2. The number of carbonyl (C=O) groups excluding carboxylic acids is 2. The molecule has 0 bridgehead atoms. The van der Waals surface area contributed by atoms with Crippen molar-refractivity contribution in [3.63, 3.8) is 0 Å². The molecule has 1 fully saturated rings. The predicted molar refractivity (Wildman–Crippen MR) is 71.1 cm³/mol. The Labute approximate surface area is 110 Å². The molecule has 0 heterocycles. The zero-order valence-electron chi connectivity index (χ0n) is 11.5. The summed E-state index contributed by atoms with van der Waals surface area (Å²) in [7, 11) is 0. The van der Waals surface area contributed by atoms with E-state index in [0.717, 1.165) is 25.7 Å². The number of hydrogen-bond acceptors (Lipinski definition) is 3. The number of Topliss-reactive ketones (excluding diaryl/α,β-unsaturated/α-hetero) is 1. The van der Waals surface area contributed by atoms with Gasteiger partial charge in [0.1, 0.15) is 18.3 Å². The largest absolute Gasteiger partial charge is 0.461 e. The van der Waals surface area contributed by atoms with Crippen LogP contribution in [0.5, 0.6) is 0 Å². The minimum Gasteiger partial charge on any atom is -0.461 e. The summed E-state index contributed by atoms with van der Waals surface area (Å²) in [6.45, 7) is 4.66. The number of esters is 1. The van der Waals surface area contributed by atoms with Gasteiger partial charge in [0.2, 0.25) is 0 Å². The van der Waals surface area contributed by atoms with Crippen molar-refractivity contribution in [2.75, 3.05) is 6.61 Å². The molecule has 1 unspecified atom stereocenters. The maximum atomic E-state index is 11.7. The molecule has 0 aromatic heterocycles. The van der Waals surface area contributed by atoms with Gasteiger partial charge in [-0.15, -0.1) is 0 Å². The molecule has 0 saturated heterocycles. The Morgan fingerprint density at radius 1 is 1.39 bits per heavy atom. The third kappa shape index (κ3) is 5.48. The maximum absolute atomic E-state index is 11.7. The van der Waals surface area contributed by atoms with Gasteiger partial charge < -0.3 is 4.74 Å². The van der Waals surface area contributed by atoms with Crippen LogP contribution in [0, 0.1) is 11.8 Å². The van der Waals surface area contributed by atoms with Crippen LogP contribution in [0.1, 0.15) is 52.4 Å². The lowest BCUT2D eigenvalue weighted by Crippen LogP contribution is -2.28. The van der Waals surface area contributed by atoms with E-state index in [1.807, 2.05) is 12.2 Å². The lowest BCUT2D eigenvalue weighted by atomic mass is 9.88. The Hall–Kier alpha value is -1.12. The van der Waals surface area contributed by atoms with Crippen LogP contribution < -0.4 is 0 Å². The van der Waals surface area contributed by atoms with Gasteiger partial charge in [0, 0.05) is 6.42 Å². The Bertz CT molecular complexity index is 305. The second-order valence-electron chi connectivity index (χ2n) is 5.34. The van der Waals surface area contributed by atoms with Crippen molar-refractivity contribution in [3.05, 3.63) is 12.2 Å². The number of ether oxygens (including phenoxy) is 1. The van der Waals surface area contributed by atoms with Crippen LogP contribution >= 0.6 is 0 Å². The molecule has 0 radical (unpaired) electrons. The molecule has 1 aliphatic carbocycles. The minimum absolute atomic E-state index is 0.0510. The summed E-state index contributed by atoms with van der Waals surface area (Å²) >= 11 is 0. The van der Waals surface area contributed by atoms with Crippen molar-refractivity contribution in [1.82, 2.24) is 0 Å². The SMILES string of the molecule is CC(C)CC/C=C/COC(=O)C1CCCCC1=O. The molecule has 1 rings (SSSR count).